The van der Waals surface area contributed by atoms with Crippen molar-refractivity contribution in [2.45, 2.75) is 37.7 Å². The van der Waals surface area contributed by atoms with Crippen LogP contribution in [0.15, 0.2) is 18.2 Å². The van der Waals surface area contributed by atoms with Gasteiger partial charge in [0.05, 0.1) is 24.8 Å². The standard InChI is InChI=1S/C14H18FNO3/c1-19-12-5-4-10(15)8-11(12)16-13(17)9-14(18)6-2-3-7-14/h4-5,8,18H,2-3,6-7,9H2,1H3,(H,16,17). The van der Waals surface area contributed by atoms with Crippen LogP contribution in [0.3, 0.4) is 0 Å². The van der Waals surface area contributed by atoms with Crippen molar-refractivity contribution in [3.8, 4) is 5.75 Å². The minimum Gasteiger partial charge on any atom is -0.495 e. The Morgan fingerprint density at radius 1 is 1.47 bits per heavy atom. The molecule has 0 heterocycles. The minimum atomic E-state index is -0.912. The van der Waals surface area contributed by atoms with Gasteiger partial charge in [0.25, 0.3) is 0 Å². The molecule has 1 saturated carbocycles. The Kier molecular flexibility index (Phi) is 4.04. The molecule has 0 atom stereocenters. The zero-order chi connectivity index (χ0) is 13.9. The van der Waals surface area contributed by atoms with E-state index in [0.29, 0.717) is 18.6 Å². The van der Waals surface area contributed by atoms with Crippen molar-refractivity contribution < 1.29 is 19.0 Å². The van der Waals surface area contributed by atoms with E-state index in [0.717, 1.165) is 12.8 Å². The predicted octanol–water partition coefficient (Wildman–Crippen LogP) is 2.47. The molecule has 0 radical (unpaired) electrons. The smallest absolute Gasteiger partial charge is 0.227 e. The molecule has 1 fully saturated rings. The van der Waals surface area contributed by atoms with Gasteiger partial charge in [0, 0.05) is 6.07 Å². The highest BCUT2D eigenvalue weighted by molar-refractivity contribution is 5.92. The number of rotatable bonds is 4. The number of amides is 1. The molecular formula is C14H18FNO3. The van der Waals surface area contributed by atoms with Gasteiger partial charge in [-0.15, -0.1) is 0 Å². The van der Waals surface area contributed by atoms with E-state index < -0.39 is 11.4 Å². The minimum absolute atomic E-state index is 0.0344. The summed E-state index contributed by atoms with van der Waals surface area (Å²) in [6.07, 6.45) is 3.19. The van der Waals surface area contributed by atoms with Gasteiger partial charge in [-0.1, -0.05) is 12.8 Å². The number of hydrogen-bond acceptors (Lipinski definition) is 3. The normalized spacial score (nSPS) is 17.2. The van der Waals surface area contributed by atoms with Crippen molar-refractivity contribution in [2.75, 3.05) is 12.4 Å². The Hall–Kier alpha value is -1.62. The highest BCUT2D eigenvalue weighted by atomic mass is 19.1. The first-order valence-corrected chi connectivity index (χ1v) is 6.38. The first kappa shape index (κ1) is 13.8. The maximum absolute atomic E-state index is 13.2. The second-order valence-electron chi connectivity index (χ2n) is 5.00. The fourth-order valence-electron chi connectivity index (χ4n) is 2.48. The monoisotopic (exact) mass is 267 g/mol. The van der Waals surface area contributed by atoms with Gasteiger partial charge in [-0.3, -0.25) is 4.79 Å². The number of anilines is 1. The summed E-state index contributed by atoms with van der Waals surface area (Å²) in [6, 6.07) is 3.92. The van der Waals surface area contributed by atoms with Gasteiger partial charge in [0.1, 0.15) is 11.6 Å². The van der Waals surface area contributed by atoms with E-state index in [1.54, 1.807) is 0 Å². The number of benzene rings is 1. The van der Waals surface area contributed by atoms with Crippen molar-refractivity contribution in [2.24, 2.45) is 0 Å². The van der Waals surface area contributed by atoms with E-state index >= 15 is 0 Å². The highest BCUT2D eigenvalue weighted by Crippen LogP contribution is 2.33. The second kappa shape index (κ2) is 5.57. The number of nitrogens with one attached hydrogen (secondary N) is 1. The van der Waals surface area contributed by atoms with Gasteiger partial charge >= 0.3 is 0 Å². The average molecular weight is 267 g/mol. The number of carbonyl (C=O) groups excluding carboxylic acids is 1. The number of aliphatic hydroxyl groups is 1. The molecule has 0 unspecified atom stereocenters. The van der Waals surface area contributed by atoms with Gasteiger partial charge in [-0.2, -0.15) is 0 Å². The molecule has 104 valence electrons. The molecule has 0 bridgehead atoms. The molecule has 0 aliphatic heterocycles. The van der Waals surface area contributed by atoms with Crippen LogP contribution in [0.4, 0.5) is 10.1 Å². The maximum atomic E-state index is 13.2. The van der Waals surface area contributed by atoms with Gasteiger partial charge in [-0.25, -0.2) is 4.39 Å². The Morgan fingerprint density at radius 3 is 2.79 bits per heavy atom. The summed E-state index contributed by atoms with van der Waals surface area (Å²) in [4.78, 5) is 11.9. The van der Waals surface area contributed by atoms with Crippen LogP contribution >= 0.6 is 0 Å². The van der Waals surface area contributed by atoms with Crippen molar-refractivity contribution in [3.63, 3.8) is 0 Å². The molecule has 5 heteroatoms. The maximum Gasteiger partial charge on any atom is 0.227 e. The first-order valence-electron chi connectivity index (χ1n) is 6.38. The van der Waals surface area contributed by atoms with E-state index in [-0.39, 0.29) is 18.0 Å². The lowest BCUT2D eigenvalue weighted by atomic mass is 9.97. The van der Waals surface area contributed by atoms with Gasteiger partial charge in [0.15, 0.2) is 0 Å². The third-order valence-electron chi connectivity index (χ3n) is 3.46. The largest absolute Gasteiger partial charge is 0.495 e. The molecule has 2 rings (SSSR count). The summed E-state index contributed by atoms with van der Waals surface area (Å²) in [5.74, 6) is -0.378. The van der Waals surface area contributed by atoms with E-state index in [9.17, 15) is 14.3 Å². The van der Waals surface area contributed by atoms with Gasteiger partial charge in [0.2, 0.25) is 5.91 Å². The van der Waals surface area contributed by atoms with Crippen LogP contribution in [0.25, 0.3) is 0 Å². The molecule has 2 N–H and O–H groups in total. The highest BCUT2D eigenvalue weighted by Gasteiger charge is 2.33. The lowest BCUT2D eigenvalue weighted by Crippen LogP contribution is -2.30. The van der Waals surface area contributed by atoms with E-state index in [4.69, 9.17) is 4.74 Å². The van der Waals surface area contributed by atoms with Crippen LogP contribution < -0.4 is 10.1 Å². The third-order valence-corrected chi connectivity index (χ3v) is 3.46. The Morgan fingerprint density at radius 2 is 2.16 bits per heavy atom. The SMILES string of the molecule is COc1ccc(F)cc1NC(=O)CC1(O)CCCC1. The van der Waals surface area contributed by atoms with Crippen molar-refractivity contribution in [1.29, 1.82) is 0 Å². The predicted molar refractivity (Wildman–Crippen MR) is 69.6 cm³/mol. The number of methoxy groups -OCH3 is 1. The van der Waals surface area contributed by atoms with Crippen molar-refractivity contribution in [1.82, 2.24) is 0 Å². The first-order chi connectivity index (χ1) is 9.02. The van der Waals surface area contributed by atoms with Crippen molar-refractivity contribution >= 4 is 11.6 Å². The van der Waals surface area contributed by atoms with Crippen molar-refractivity contribution in [3.05, 3.63) is 24.0 Å². The molecule has 0 aromatic heterocycles. The van der Waals surface area contributed by atoms with Crippen LogP contribution in [0.1, 0.15) is 32.1 Å². The summed E-state index contributed by atoms with van der Waals surface area (Å²) >= 11 is 0. The molecule has 1 aromatic rings. The zero-order valence-electron chi connectivity index (χ0n) is 10.9. The number of hydrogen-bond donors (Lipinski definition) is 2. The summed E-state index contributed by atoms with van der Waals surface area (Å²) in [6.45, 7) is 0. The van der Waals surface area contributed by atoms with Crippen LogP contribution in [0.2, 0.25) is 0 Å². The molecule has 1 aromatic carbocycles. The molecule has 4 nitrogen and oxygen atoms in total. The van der Waals surface area contributed by atoms with E-state index in [1.807, 2.05) is 0 Å². The molecule has 1 aliphatic carbocycles. The number of ether oxygens (including phenoxy) is 1. The summed E-state index contributed by atoms with van der Waals surface area (Å²) in [7, 11) is 1.45. The van der Waals surface area contributed by atoms with E-state index in [2.05, 4.69) is 5.32 Å². The Bertz CT molecular complexity index is 470. The number of halogens is 1. The van der Waals surface area contributed by atoms with Crippen LogP contribution in [0, 0.1) is 5.82 Å². The number of carbonyl (C=O) groups is 1. The third kappa shape index (κ3) is 3.44. The van der Waals surface area contributed by atoms with Crippen LogP contribution in [-0.4, -0.2) is 23.7 Å². The molecule has 1 amide bonds. The summed E-state index contributed by atoms with van der Waals surface area (Å²) in [5.41, 5.74) is -0.626. The molecular weight excluding hydrogens is 249 g/mol. The fraction of sp³-hybridized carbons (Fsp3) is 0.500. The molecule has 0 spiro atoms. The fourth-order valence-corrected chi connectivity index (χ4v) is 2.48. The second-order valence-corrected chi connectivity index (χ2v) is 5.00. The summed E-state index contributed by atoms with van der Waals surface area (Å²) < 4.78 is 18.2. The zero-order valence-corrected chi connectivity index (χ0v) is 10.9. The lowest BCUT2D eigenvalue weighted by Gasteiger charge is -2.21. The van der Waals surface area contributed by atoms with Gasteiger partial charge < -0.3 is 15.2 Å². The lowest BCUT2D eigenvalue weighted by molar-refractivity contribution is -0.120. The molecule has 1 aliphatic rings. The van der Waals surface area contributed by atoms with Crippen LogP contribution in [-0.2, 0) is 4.79 Å². The quantitative estimate of drug-likeness (QED) is 0.881. The summed E-state index contributed by atoms with van der Waals surface area (Å²) in [5, 5.41) is 12.7. The van der Waals surface area contributed by atoms with E-state index in [1.165, 1.54) is 25.3 Å². The molecule has 0 saturated heterocycles. The van der Waals surface area contributed by atoms with Crippen LogP contribution in [0.5, 0.6) is 5.75 Å². The molecule has 19 heavy (non-hydrogen) atoms. The average Bonchev–Trinajstić information content (AvgIpc) is 2.75. The topological polar surface area (TPSA) is 58.6 Å². The Balaban J connectivity index is 2.04. The Labute approximate surface area is 111 Å². The van der Waals surface area contributed by atoms with Gasteiger partial charge in [-0.05, 0) is 25.0 Å².